The minimum atomic E-state index is -0.242. The van der Waals surface area contributed by atoms with Crippen LogP contribution >= 0.6 is 0 Å². The Labute approximate surface area is 107 Å². The van der Waals surface area contributed by atoms with Crippen molar-refractivity contribution in [3.8, 4) is 5.75 Å². The molecule has 0 amide bonds. The molecule has 0 aliphatic rings. The normalized spacial score (nSPS) is 12.4. The molecule has 0 saturated heterocycles. The van der Waals surface area contributed by atoms with E-state index in [4.69, 9.17) is 10.5 Å². The Morgan fingerprint density at radius 2 is 2.28 bits per heavy atom. The van der Waals surface area contributed by atoms with E-state index >= 15 is 0 Å². The Hall–Kier alpha value is -1.88. The number of nitrogens with two attached hydrogens (primary N) is 1. The lowest BCUT2D eigenvalue weighted by atomic mass is 10.0. The van der Waals surface area contributed by atoms with Crippen LogP contribution < -0.4 is 10.5 Å². The first-order chi connectivity index (χ1) is 8.76. The number of hydrogen-bond donors (Lipinski definition) is 1. The number of pyridine rings is 1. The van der Waals surface area contributed by atoms with Gasteiger partial charge in [0.2, 0.25) is 0 Å². The summed E-state index contributed by atoms with van der Waals surface area (Å²) in [6, 6.07) is 1.63. The zero-order valence-corrected chi connectivity index (χ0v) is 10.7. The first-order valence-electron chi connectivity index (χ1n) is 6.02. The van der Waals surface area contributed by atoms with Crippen LogP contribution in [0.2, 0.25) is 0 Å². The molecule has 0 spiro atoms. The van der Waals surface area contributed by atoms with Gasteiger partial charge in [0.05, 0.1) is 25.5 Å². The van der Waals surface area contributed by atoms with Crippen molar-refractivity contribution >= 4 is 0 Å². The highest BCUT2D eigenvalue weighted by Crippen LogP contribution is 2.26. The third-order valence-electron chi connectivity index (χ3n) is 2.84. The smallest absolute Gasteiger partial charge is 0.142 e. The summed E-state index contributed by atoms with van der Waals surface area (Å²) in [6.45, 7) is 3.02. The van der Waals surface area contributed by atoms with Gasteiger partial charge in [-0.25, -0.2) is 0 Å². The molecule has 2 aromatic heterocycles. The van der Waals surface area contributed by atoms with Crippen LogP contribution in [0.15, 0.2) is 30.9 Å². The average Bonchev–Trinajstić information content (AvgIpc) is 2.87. The summed E-state index contributed by atoms with van der Waals surface area (Å²) in [4.78, 5) is 4.03. The molecule has 0 radical (unpaired) electrons. The van der Waals surface area contributed by atoms with Crippen molar-refractivity contribution in [2.45, 2.75) is 25.9 Å². The minimum Gasteiger partial charge on any atom is -0.495 e. The second-order valence-electron chi connectivity index (χ2n) is 4.13. The summed E-state index contributed by atoms with van der Waals surface area (Å²) < 4.78 is 7.18. The Bertz CT molecular complexity index is 509. The number of hydrogen-bond acceptors (Lipinski definition) is 4. The molecule has 0 bridgehead atoms. The van der Waals surface area contributed by atoms with Crippen LogP contribution in [0.25, 0.3) is 0 Å². The van der Waals surface area contributed by atoms with Gasteiger partial charge in [-0.3, -0.25) is 9.67 Å². The predicted octanol–water partition coefficient (Wildman–Crippen LogP) is 1.74. The standard InChI is InChI=1S/C13H18N4O/c1-3-6-17-9-10(7-16-17)13(14)11-4-5-15-8-12(11)18-2/h4-5,7-9,13H,3,6,14H2,1-2H3. The zero-order chi connectivity index (χ0) is 13.0. The molecule has 0 fully saturated rings. The third-order valence-corrected chi connectivity index (χ3v) is 2.84. The fraction of sp³-hybridized carbons (Fsp3) is 0.385. The van der Waals surface area contributed by atoms with Crippen molar-refractivity contribution in [1.82, 2.24) is 14.8 Å². The molecule has 1 atom stereocenters. The monoisotopic (exact) mass is 246 g/mol. The summed E-state index contributed by atoms with van der Waals surface area (Å²) in [6.07, 6.45) is 8.23. The molecule has 0 saturated carbocycles. The summed E-state index contributed by atoms with van der Waals surface area (Å²) in [5.74, 6) is 0.702. The van der Waals surface area contributed by atoms with Crippen LogP contribution in [0, 0.1) is 0 Å². The van der Waals surface area contributed by atoms with Crippen LogP contribution in [0.5, 0.6) is 5.75 Å². The molecule has 18 heavy (non-hydrogen) atoms. The highest BCUT2D eigenvalue weighted by atomic mass is 16.5. The molecule has 96 valence electrons. The largest absolute Gasteiger partial charge is 0.495 e. The molecular weight excluding hydrogens is 228 g/mol. The molecule has 5 heteroatoms. The number of ether oxygens (including phenoxy) is 1. The van der Waals surface area contributed by atoms with E-state index in [2.05, 4.69) is 17.0 Å². The molecule has 0 aliphatic heterocycles. The van der Waals surface area contributed by atoms with Gasteiger partial charge in [0, 0.05) is 30.1 Å². The van der Waals surface area contributed by atoms with Gasteiger partial charge < -0.3 is 10.5 Å². The number of rotatable bonds is 5. The maximum atomic E-state index is 6.24. The van der Waals surface area contributed by atoms with Gasteiger partial charge in [-0.1, -0.05) is 6.92 Å². The van der Waals surface area contributed by atoms with E-state index in [1.54, 1.807) is 25.7 Å². The Kier molecular flexibility index (Phi) is 3.94. The van der Waals surface area contributed by atoms with E-state index in [0.29, 0.717) is 5.75 Å². The quantitative estimate of drug-likeness (QED) is 0.872. The molecule has 2 aromatic rings. The van der Waals surface area contributed by atoms with Crippen molar-refractivity contribution in [1.29, 1.82) is 0 Å². The summed E-state index contributed by atoms with van der Waals surface area (Å²) in [7, 11) is 1.62. The number of aryl methyl sites for hydroxylation is 1. The average molecular weight is 246 g/mol. The highest BCUT2D eigenvalue weighted by molar-refractivity contribution is 5.37. The number of nitrogens with zero attached hydrogens (tertiary/aromatic N) is 3. The van der Waals surface area contributed by atoms with Gasteiger partial charge in [-0.15, -0.1) is 0 Å². The Morgan fingerprint density at radius 3 is 3.00 bits per heavy atom. The van der Waals surface area contributed by atoms with E-state index < -0.39 is 0 Å². The highest BCUT2D eigenvalue weighted by Gasteiger charge is 2.15. The number of methoxy groups -OCH3 is 1. The first-order valence-corrected chi connectivity index (χ1v) is 6.02. The van der Waals surface area contributed by atoms with Crippen molar-refractivity contribution in [3.05, 3.63) is 42.0 Å². The van der Waals surface area contributed by atoms with Crippen molar-refractivity contribution in [2.24, 2.45) is 5.73 Å². The summed E-state index contributed by atoms with van der Waals surface area (Å²) in [5.41, 5.74) is 8.14. The van der Waals surface area contributed by atoms with Crippen molar-refractivity contribution < 1.29 is 4.74 Å². The van der Waals surface area contributed by atoms with Gasteiger partial charge in [0.1, 0.15) is 5.75 Å². The van der Waals surface area contributed by atoms with Gasteiger partial charge in [0.25, 0.3) is 0 Å². The van der Waals surface area contributed by atoms with Crippen molar-refractivity contribution in [2.75, 3.05) is 7.11 Å². The minimum absolute atomic E-state index is 0.242. The number of aromatic nitrogens is 3. The van der Waals surface area contributed by atoms with E-state index in [0.717, 1.165) is 24.1 Å². The van der Waals surface area contributed by atoms with Crippen LogP contribution in [0.1, 0.15) is 30.5 Å². The molecule has 5 nitrogen and oxygen atoms in total. The van der Waals surface area contributed by atoms with Crippen LogP contribution in [0.4, 0.5) is 0 Å². The Morgan fingerprint density at radius 1 is 1.44 bits per heavy atom. The van der Waals surface area contributed by atoms with E-state index in [1.807, 2.05) is 16.9 Å². The molecule has 0 aliphatic carbocycles. The fourth-order valence-corrected chi connectivity index (χ4v) is 1.89. The van der Waals surface area contributed by atoms with Crippen molar-refractivity contribution in [3.63, 3.8) is 0 Å². The lowest BCUT2D eigenvalue weighted by Gasteiger charge is -2.13. The third kappa shape index (κ3) is 2.51. The molecular formula is C13H18N4O. The van der Waals surface area contributed by atoms with Crippen LogP contribution in [-0.4, -0.2) is 21.9 Å². The Balaban J connectivity index is 2.26. The first kappa shape index (κ1) is 12.6. The maximum absolute atomic E-state index is 6.24. The molecule has 2 N–H and O–H groups in total. The SMILES string of the molecule is CCCn1cc(C(N)c2ccncc2OC)cn1. The molecule has 1 unspecified atom stereocenters. The summed E-state index contributed by atoms with van der Waals surface area (Å²) in [5, 5.41) is 4.29. The summed E-state index contributed by atoms with van der Waals surface area (Å²) >= 11 is 0. The second-order valence-corrected chi connectivity index (χ2v) is 4.13. The maximum Gasteiger partial charge on any atom is 0.142 e. The molecule has 2 heterocycles. The second kappa shape index (κ2) is 5.64. The lowest BCUT2D eigenvalue weighted by molar-refractivity contribution is 0.406. The topological polar surface area (TPSA) is 66.0 Å². The van der Waals surface area contributed by atoms with Gasteiger partial charge >= 0.3 is 0 Å². The van der Waals surface area contributed by atoms with E-state index in [9.17, 15) is 0 Å². The van der Waals surface area contributed by atoms with E-state index in [1.165, 1.54) is 0 Å². The van der Waals surface area contributed by atoms with Gasteiger partial charge in [0.15, 0.2) is 0 Å². The molecule has 0 aromatic carbocycles. The lowest BCUT2D eigenvalue weighted by Crippen LogP contribution is -2.12. The van der Waals surface area contributed by atoms with Gasteiger partial charge in [-0.2, -0.15) is 5.10 Å². The van der Waals surface area contributed by atoms with Crippen LogP contribution in [-0.2, 0) is 6.54 Å². The predicted molar refractivity (Wildman–Crippen MR) is 69.3 cm³/mol. The molecule has 2 rings (SSSR count). The fourth-order valence-electron chi connectivity index (χ4n) is 1.89. The van der Waals surface area contributed by atoms with E-state index in [-0.39, 0.29) is 6.04 Å². The zero-order valence-electron chi connectivity index (χ0n) is 10.7. The van der Waals surface area contributed by atoms with Crippen LogP contribution in [0.3, 0.4) is 0 Å². The van der Waals surface area contributed by atoms with Gasteiger partial charge in [-0.05, 0) is 12.5 Å².